The number of aryl methyl sites for hydroxylation is 2. The van der Waals surface area contributed by atoms with Gasteiger partial charge in [0.2, 0.25) is 5.91 Å². The van der Waals surface area contributed by atoms with Crippen molar-refractivity contribution in [2.24, 2.45) is 0 Å². The Labute approximate surface area is 140 Å². The van der Waals surface area contributed by atoms with Crippen molar-refractivity contribution in [1.82, 2.24) is 20.4 Å². The van der Waals surface area contributed by atoms with E-state index in [1.807, 2.05) is 6.92 Å². The van der Waals surface area contributed by atoms with E-state index in [0.717, 1.165) is 5.69 Å². The molecule has 0 unspecified atom stereocenters. The number of rotatable bonds is 7. The van der Waals surface area contributed by atoms with Crippen molar-refractivity contribution in [3.8, 4) is 0 Å². The van der Waals surface area contributed by atoms with E-state index in [9.17, 15) is 14.0 Å². The Morgan fingerprint density at radius 1 is 1.25 bits per heavy atom. The summed E-state index contributed by atoms with van der Waals surface area (Å²) in [5, 5.41) is 9.41. The number of carbonyl (C=O) groups excluding carboxylic acids is 2. The van der Waals surface area contributed by atoms with E-state index in [1.165, 1.54) is 6.07 Å². The van der Waals surface area contributed by atoms with Gasteiger partial charge in [-0.05, 0) is 38.0 Å². The van der Waals surface area contributed by atoms with Crippen molar-refractivity contribution in [3.63, 3.8) is 0 Å². The van der Waals surface area contributed by atoms with Gasteiger partial charge in [0.05, 0.1) is 12.2 Å². The van der Waals surface area contributed by atoms with E-state index in [2.05, 4.69) is 15.7 Å². The topological polar surface area (TPSA) is 76.0 Å². The largest absolute Gasteiger partial charge is 0.354 e. The summed E-state index contributed by atoms with van der Waals surface area (Å²) in [6, 6.07) is 8.11. The summed E-state index contributed by atoms with van der Waals surface area (Å²) in [5.74, 6) is -0.955. The van der Waals surface area contributed by atoms with E-state index in [1.54, 1.807) is 35.9 Å². The van der Waals surface area contributed by atoms with Crippen LogP contribution in [0, 0.1) is 12.7 Å². The molecule has 7 heteroatoms. The maximum atomic E-state index is 13.5. The van der Waals surface area contributed by atoms with Crippen molar-refractivity contribution in [1.29, 1.82) is 0 Å². The highest BCUT2D eigenvalue weighted by Gasteiger charge is 2.14. The number of benzene rings is 1. The SMILES string of the molecule is CCn1nc(C)cc1C(=O)NCC(=O)NCCc1ccccc1F. The van der Waals surface area contributed by atoms with Crippen LogP contribution in [0.4, 0.5) is 4.39 Å². The molecule has 2 N–H and O–H groups in total. The number of nitrogens with zero attached hydrogens (tertiary/aromatic N) is 2. The minimum atomic E-state index is -0.346. The maximum Gasteiger partial charge on any atom is 0.269 e. The molecule has 0 fully saturated rings. The van der Waals surface area contributed by atoms with Crippen LogP contribution in [0.25, 0.3) is 0 Å². The van der Waals surface area contributed by atoms with Crippen molar-refractivity contribution in [3.05, 3.63) is 53.1 Å². The second-order valence-electron chi connectivity index (χ2n) is 5.36. The molecule has 2 aromatic rings. The Balaban J connectivity index is 1.76. The van der Waals surface area contributed by atoms with Gasteiger partial charge in [0.15, 0.2) is 0 Å². The van der Waals surface area contributed by atoms with Crippen LogP contribution in [-0.4, -0.2) is 34.7 Å². The van der Waals surface area contributed by atoms with Gasteiger partial charge in [-0.2, -0.15) is 5.10 Å². The van der Waals surface area contributed by atoms with Gasteiger partial charge in [-0.15, -0.1) is 0 Å². The van der Waals surface area contributed by atoms with Crippen molar-refractivity contribution < 1.29 is 14.0 Å². The average molecular weight is 332 g/mol. The third-order valence-electron chi connectivity index (χ3n) is 3.52. The zero-order valence-electron chi connectivity index (χ0n) is 13.8. The molecule has 128 valence electrons. The van der Waals surface area contributed by atoms with Crippen LogP contribution in [0.2, 0.25) is 0 Å². The second kappa shape index (κ2) is 8.24. The number of halogens is 1. The maximum absolute atomic E-state index is 13.5. The second-order valence-corrected chi connectivity index (χ2v) is 5.36. The fourth-order valence-electron chi connectivity index (χ4n) is 2.32. The van der Waals surface area contributed by atoms with Crippen LogP contribution < -0.4 is 10.6 Å². The molecule has 0 radical (unpaired) electrons. The van der Waals surface area contributed by atoms with Gasteiger partial charge in [-0.25, -0.2) is 4.39 Å². The quantitative estimate of drug-likeness (QED) is 0.805. The van der Waals surface area contributed by atoms with E-state index >= 15 is 0 Å². The Morgan fingerprint density at radius 3 is 2.71 bits per heavy atom. The third-order valence-corrected chi connectivity index (χ3v) is 3.52. The lowest BCUT2D eigenvalue weighted by Crippen LogP contribution is -2.38. The van der Waals surface area contributed by atoms with Gasteiger partial charge in [-0.1, -0.05) is 18.2 Å². The highest BCUT2D eigenvalue weighted by Crippen LogP contribution is 2.06. The highest BCUT2D eigenvalue weighted by molar-refractivity contribution is 5.95. The van der Waals surface area contributed by atoms with Gasteiger partial charge < -0.3 is 10.6 Å². The van der Waals surface area contributed by atoms with Crippen LogP contribution in [0.5, 0.6) is 0 Å². The van der Waals surface area contributed by atoms with Crippen molar-refractivity contribution in [2.75, 3.05) is 13.1 Å². The predicted octanol–water partition coefficient (Wildman–Crippen LogP) is 1.44. The molecule has 1 aromatic heterocycles. The molecule has 0 atom stereocenters. The third kappa shape index (κ3) is 4.65. The molecular formula is C17H21FN4O2. The van der Waals surface area contributed by atoms with Crippen molar-refractivity contribution in [2.45, 2.75) is 26.8 Å². The first-order valence-corrected chi connectivity index (χ1v) is 7.84. The van der Waals surface area contributed by atoms with Crippen LogP contribution in [0.3, 0.4) is 0 Å². The summed E-state index contributed by atoms with van der Waals surface area (Å²) in [6.45, 7) is 4.44. The molecule has 24 heavy (non-hydrogen) atoms. The van der Waals surface area contributed by atoms with E-state index in [-0.39, 0.29) is 24.2 Å². The zero-order valence-corrected chi connectivity index (χ0v) is 13.8. The number of carbonyl (C=O) groups is 2. The van der Waals surface area contributed by atoms with Crippen LogP contribution in [0.1, 0.15) is 28.7 Å². The number of amides is 2. The van der Waals surface area contributed by atoms with E-state index < -0.39 is 0 Å². The highest BCUT2D eigenvalue weighted by atomic mass is 19.1. The Hall–Kier alpha value is -2.70. The standard InChI is InChI=1S/C17H21FN4O2/c1-3-22-15(10-12(2)21-22)17(24)20-11-16(23)19-9-8-13-6-4-5-7-14(13)18/h4-7,10H,3,8-9,11H2,1-2H3,(H,19,23)(H,20,24). The summed E-state index contributed by atoms with van der Waals surface area (Å²) in [4.78, 5) is 23.9. The number of aromatic nitrogens is 2. The van der Waals surface area contributed by atoms with Gasteiger partial charge in [0.1, 0.15) is 11.5 Å². The lowest BCUT2D eigenvalue weighted by molar-refractivity contribution is -0.120. The molecule has 0 saturated heterocycles. The van der Waals surface area contributed by atoms with Gasteiger partial charge >= 0.3 is 0 Å². The fourth-order valence-corrected chi connectivity index (χ4v) is 2.32. The molecule has 2 rings (SSSR count). The Bertz CT molecular complexity index is 727. The minimum absolute atomic E-state index is 0.135. The molecule has 0 aliphatic heterocycles. The summed E-state index contributed by atoms with van der Waals surface area (Å²) in [7, 11) is 0. The first kappa shape index (κ1) is 17.7. The van der Waals surface area contributed by atoms with E-state index in [0.29, 0.717) is 30.8 Å². The lowest BCUT2D eigenvalue weighted by Gasteiger charge is -2.08. The molecule has 1 aromatic carbocycles. The number of hydrogen-bond donors (Lipinski definition) is 2. The van der Waals surface area contributed by atoms with Gasteiger partial charge in [0, 0.05) is 13.1 Å². The molecule has 0 aliphatic carbocycles. The van der Waals surface area contributed by atoms with Crippen molar-refractivity contribution >= 4 is 11.8 Å². The molecule has 0 saturated carbocycles. The number of hydrogen-bond acceptors (Lipinski definition) is 3. The smallest absolute Gasteiger partial charge is 0.269 e. The molecule has 6 nitrogen and oxygen atoms in total. The average Bonchev–Trinajstić information content (AvgIpc) is 2.95. The molecular weight excluding hydrogens is 311 g/mol. The van der Waals surface area contributed by atoms with Gasteiger partial charge in [-0.3, -0.25) is 14.3 Å². The summed E-state index contributed by atoms with van der Waals surface area (Å²) < 4.78 is 15.0. The Kier molecular flexibility index (Phi) is 6.06. The molecule has 1 heterocycles. The first-order chi connectivity index (χ1) is 11.5. The lowest BCUT2D eigenvalue weighted by atomic mass is 10.1. The predicted molar refractivity (Wildman–Crippen MR) is 88.1 cm³/mol. The molecule has 0 bridgehead atoms. The van der Waals surface area contributed by atoms with Gasteiger partial charge in [0.25, 0.3) is 5.91 Å². The normalized spacial score (nSPS) is 10.5. The summed E-state index contributed by atoms with van der Waals surface area (Å²) >= 11 is 0. The summed E-state index contributed by atoms with van der Waals surface area (Å²) in [5.41, 5.74) is 1.72. The minimum Gasteiger partial charge on any atom is -0.354 e. The zero-order chi connectivity index (χ0) is 17.5. The molecule has 0 spiro atoms. The summed E-state index contributed by atoms with van der Waals surface area (Å²) in [6.07, 6.45) is 0.397. The van der Waals surface area contributed by atoms with Crippen LogP contribution in [-0.2, 0) is 17.8 Å². The monoisotopic (exact) mass is 332 g/mol. The first-order valence-electron chi connectivity index (χ1n) is 7.84. The van der Waals surface area contributed by atoms with Crippen LogP contribution >= 0.6 is 0 Å². The molecule has 0 aliphatic rings. The molecule has 2 amide bonds. The fraction of sp³-hybridized carbons (Fsp3) is 0.353. The van der Waals surface area contributed by atoms with Crippen LogP contribution in [0.15, 0.2) is 30.3 Å². The number of nitrogens with one attached hydrogen (secondary N) is 2. The Morgan fingerprint density at radius 2 is 2.00 bits per heavy atom. The van der Waals surface area contributed by atoms with E-state index in [4.69, 9.17) is 0 Å².